The van der Waals surface area contributed by atoms with Gasteiger partial charge < -0.3 is 0 Å². The second-order valence-electron chi connectivity index (χ2n) is 3.13. The molecule has 0 saturated carbocycles. The van der Waals surface area contributed by atoms with Crippen LogP contribution in [-0.2, 0) is 0 Å². The van der Waals surface area contributed by atoms with Crippen molar-refractivity contribution in [2.24, 2.45) is 5.92 Å². The number of hydrogen-bond acceptors (Lipinski definition) is 0. The van der Waals surface area contributed by atoms with Crippen LogP contribution in [0.3, 0.4) is 0 Å². The average Bonchev–Trinajstić information content (AvgIpc) is 1.87. The molecule has 0 heterocycles. The molecule has 0 aliphatic heterocycles. The molecule has 0 aliphatic carbocycles. The number of rotatable bonds is 6. The molecule has 2 heteroatoms. The molecule has 0 atom stereocenters. The van der Waals surface area contributed by atoms with Crippen LogP contribution in [-0.4, -0.2) is 20.0 Å². The Morgan fingerprint density at radius 2 is 1.90 bits per heavy atom. The first-order chi connectivity index (χ1) is 4.77. The topological polar surface area (TPSA) is 0 Å². The van der Waals surface area contributed by atoms with E-state index in [4.69, 9.17) is 8.92 Å². The van der Waals surface area contributed by atoms with E-state index in [0.29, 0.717) is 0 Å². The second-order valence-corrected chi connectivity index (χ2v) is 7.11. The number of halogens is 1. The summed E-state index contributed by atoms with van der Waals surface area (Å²) in [6.07, 6.45) is 5.61. The molecule has 0 aliphatic rings. The third-order valence-corrected chi connectivity index (χ3v) is 4.37. The Morgan fingerprint density at radius 3 is 2.40 bits per heavy atom. The summed E-state index contributed by atoms with van der Waals surface area (Å²) >= 11 is -0.384. The van der Waals surface area contributed by atoms with Crippen molar-refractivity contribution in [2.75, 3.05) is 0 Å². The van der Waals surface area contributed by atoms with Crippen molar-refractivity contribution in [3.63, 3.8) is 0 Å². The van der Waals surface area contributed by atoms with Crippen molar-refractivity contribution in [2.45, 2.75) is 44.0 Å². The molecule has 0 aromatic carbocycles. The SMILES string of the molecule is CC(C)CCCC[CH2][Sn][Cl]. The van der Waals surface area contributed by atoms with Crippen LogP contribution in [0.2, 0.25) is 4.44 Å². The fraction of sp³-hybridized carbons (Fsp3) is 1.00. The summed E-state index contributed by atoms with van der Waals surface area (Å²) in [5, 5.41) is 0. The van der Waals surface area contributed by atoms with Crippen molar-refractivity contribution in [1.82, 2.24) is 0 Å². The van der Waals surface area contributed by atoms with Gasteiger partial charge in [-0.2, -0.15) is 0 Å². The Balaban J connectivity index is 2.77. The van der Waals surface area contributed by atoms with E-state index in [-0.39, 0.29) is 20.0 Å². The zero-order valence-electron chi connectivity index (χ0n) is 6.99. The molecule has 10 heavy (non-hydrogen) atoms. The standard InChI is InChI=1S/C8H17.ClH.Sn/c1-4-5-6-7-8(2)3;;/h8H,1,4-7H2,2-3H3;1H;/q;;+1/p-1. The van der Waals surface area contributed by atoms with E-state index in [1.807, 2.05) is 0 Å². The van der Waals surface area contributed by atoms with Gasteiger partial charge in [0, 0.05) is 0 Å². The van der Waals surface area contributed by atoms with E-state index < -0.39 is 0 Å². The van der Waals surface area contributed by atoms with Crippen LogP contribution < -0.4 is 0 Å². The maximum absolute atomic E-state index is 5.71. The zero-order chi connectivity index (χ0) is 7.82. The fourth-order valence-corrected chi connectivity index (χ4v) is 2.91. The van der Waals surface area contributed by atoms with Gasteiger partial charge in [0.2, 0.25) is 0 Å². The van der Waals surface area contributed by atoms with Gasteiger partial charge in [0.25, 0.3) is 0 Å². The third-order valence-electron chi connectivity index (χ3n) is 1.55. The summed E-state index contributed by atoms with van der Waals surface area (Å²) < 4.78 is 1.36. The van der Waals surface area contributed by atoms with Crippen LogP contribution >= 0.6 is 8.92 Å². The molecule has 0 aromatic rings. The van der Waals surface area contributed by atoms with Gasteiger partial charge in [-0.15, -0.1) is 0 Å². The third kappa shape index (κ3) is 9.09. The molecule has 0 nitrogen and oxygen atoms in total. The van der Waals surface area contributed by atoms with Crippen molar-refractivity contribution in [1.29, 1.82) is 0 Å². The first-order valence-electron chi connectivity index (χ1n) is 4.11. The van der Waals surface area contributed by atoms with Crippen molar-refractivity contribution in [3.8, 4) is 0 Å². The van der Waals surface area contributed by atoms with Gasteiger partial charge >= 0.3 is 78.8 Å². The minimum absolute atomic E-state index is 0.384. The van der Waals surface area contributed by atoms with E-state index in [1.165, 1.54) is 30.1 Å². The van der Waals surface area contributed by atoms with Crippen molar-refractivity contribution >= 4 is 28.9 Å². The average molecular weight is 267 g/mol. The number of unbranched alkanes of at least 4 members (excludes halogenated alkanes) is 2. The second kappa shape index (κ2) is 8.19. The van der Waals surface area contributed by atoms with Gasteiger partial charge in [-0.25, -0.2) is 0 Å². The Bertz CT molecular complexity index is 64.3. The van der Waals surface area contributed by atoms with Gasteiger partial charge in [-0.05, 0) is 0 Å². The predicted molar refractivity (Wildman–Crippen MR) is 49.7 cm³/mol. The van der Waals surface area contributed by atoms with Gasteiger partial charge in [-0.3, -0.25) is 0 Å². The number of hydrogen-bond donors (Lipinski definition) is 0. The molecule has 0 amide bonds. The van der Waals surface area contributed by atoms with Gasteiger partial charge in [-0.1, -0.05) is 0 Å². The molecular formula is C8H17ClSn. The van der Waals surface area contributed by atoms with Crippen molar-refractivity contribution < 1.29 is 0 Å². The first-order valence-corrected chi connectivity index (χ1v) is 9.74. The van der Waals surface area contributed by atoms with Gasteiger partial charge in [0.15, 0.2) is 0 Å². The van der Waals surface area contributed by atoms with Gasteiger partial charge in [0.05, 0.1) is 0 Å². The van der Waals surface area contributed by atoms with E-state index in [2.05, 4.69) is 13.8 Å². The van der Waals surface area contributed by atoms with Crippen LogP contribution in [0.5, 0.6) is 0 Å². The molecular weight excluding hydrogens is 250 g/mol. The molecule has 0 unspecified atom stereocenters. The molecule has 0 aromatic heterocycles. The predicted octanol–water partition coefficient (Wildman–Crippen LogP) is 3.48. The monoisotopic (exact) mass is 268 g/mol. The van der Waals surface area contributed by atoms with Crippen LogP contribution in [0.25, 0.3) is 0 Å². The van der Waals surface area contributed by atoms with E-state index in [9.17, 15) is 0 Å². The molecule has 60 valence electrons. The molecule has 0 N–H and O–H groups in total. The van der Waals surface area contributed by atoms with Crippen LogP contribution in [0.4, 0.5) is 0 Å². The van der Waals surface area contributed by atoms with E-state index in [1.54, 1.807) is 0 Å². The maximum atomic E-state index is 5.71. The molecule has 0 saturated heterocycles. The van der Waals surface area contributed by atoms with E-state index in [0.717, 1.165) is 5.92 Å². The summed E-state index contributed by atoms with van der Waals surface area (Å²) in [6.45, 7) is 4.58. The minimum atomic E-state index is -0.384. The molecule has 0 rings (SSSR count). The molecule has 0 spiro atoms. The normalized spacial score (nSPS) is 10.8. The van der Waals surface area contributed by atoms with Crippen LogP contribution in [0.15, 0.2) is 0 Å². The summed E-state index contributed by atoms with van der Waals surface area (Å²) in [6, 6.07) is 0. The van der Waals surface area contributed by atoms with Crippen LogP contribution in [0, 0.1) is 5.92 Å². The Hall–Kier alpha value is 1.09. The van der Waals surface area contributed by atoms with Crippen LogP contribution in [0.1, 0.15) is 39.5 Å². The fourth-order valence-electron chi connectivity index (χ4n) is 0.921. The van der Waals surface area contributed by atoms with Crippen molar-refractivity contribution in [3.05, 3.63) is 0 Å². The summed E-state index contributed by atoms with van der Waals surface area (Å²) in [4.78, 5) is 0. The molecule has 2 radical (unpaired) electrons. The quantitative estimate of drug-likeness (QED) is 0.510. The Morgan fingerprint density at radius 1 is 1.20 bits per heavy atom. The first kappa shape index (κ1) is 11.1. The summed E-state index contributed by atoms with van der Waals surface area (Å²) in [5.41, 5.74) is 0. The Labute approximate surface area is 78.7 Å². The summed E-state index contributed by atoms with van der Waals surface area (Å²) in [5.74, 6) is 0.885. The summed E-state index contributed by atoms with van der Waals surface area (Å²) in [7, 11) is 5.71. The Kier molecular flexibility index (Phi) is 9.08. The zero-order valence-corrected chi connectivity index (χ0v) is 10.6. The van der Waals surface area contributed by atoms with Gasteiger partial charge in [0.1, 0.15) is 0 Å². The van der Waals surface area contributed by atoms with E-state index >= 15 is 0 Å². The molecule has 0 bridgehead atoms. The molecule has 0 fully saturated rings.